The molecule has 1 saturated heterocycles. The van der Waals surface area contributed by atoms with Crippen LogP contribution in [-0.4, -0.2) is 36.9 Å². The van der Waals surface area contributed by atoms with Crippen molar-refractivity contribution in [2.45, 2.75) is 44.9 Å². The third-order valence-corrected chi connectivity index (χ3v) is 5.16. The van der Waals surface area contributed by atoms with Crippen LogP contribution in [0.4, 0.5) is 0 Å². The van der Waals surface area contributed by atoms with Crippen molar-refractivity contribution in [1.29, 1.82) is 0 Å². The summed E-state index contributed by atoms with van der Waals surface area (Å²) in [6.45, 7) is 4.33. The fourth-order valence-electron chi connectivity index (χ4n) is 3.64. The molecule has 0 bridgehead atoms. The molecule has 0 saturated carbocycles. The zero-order chi connectivity index (χ0) is 18.6. The summed E-state index contributed by atoms with van der Waals surface area (Å²) >= 11 is 0. The van der Waals surface area contributed by atoms with Gasteiger partial charge in [-0.25, -0.2) is 0 Å². The lowest BCUT2D eigenvalue weighted by Gasteiger charge is -2.25. The molecule has 0 atom stereocenters. The van der Waals surface area contributed by atoms with Crippen molar-refractivity contribution in [3.63, 3.8) is 0 Å². The Balaban J connectivity index is 1.46. The molecule has 3 rings (SSSR count). The van der Waals surface area contributed by atoms with E-state index in [1.165, 1.54) is 43.5 Å². The molecule has 3 nitrogen and oxygen atoms in total. The normalized spacial score (nSPS) is 15.6. The number of rotatable bonds is 10. The van der Waals surface area contributed by atoms with Crippen LogP contribution in [0.25, 0.3) is 0 Å². The second kappa shape index (κ2) is 11.6. The molecule has 0 unspecified atom stereocenters. The molecule has 0 aromatic heterocycles. The number of piperidine rings is 1. The SMILES string of the molecule is c1ccc(CCC/C(=N\OCCCN2CCCCC2)c2ccccc2)cc1. The van der Waals surface area contributed by atoms with Crippen LogP contribution < -0.4 is 0 Å². The molecule has 3 heteroatoms. The van der Waals surface area contributed by atoms with E-state index in [-0.39, 0.29) is 0 Å². The highest BCUT2D eigenvalue weighted by molar-refractivity contribution is 6.00. The highest BCUT2D eigenvalue weighted by atomic mass is 16.6. The first-order valence-corrected chi connectivity index (χ1v) is 10.4. The average Bonchev–Trinajstić information content (AvgIpc) is 2.74. The minimum atomic E-state index is 0.700. The van der Waals surface area contributed by atoms with E-state index < -0.39 is 0 Å². The predicted molar refractivity (Wildman–Crippen MR) is 113 cm³/mol. The van der Waals surface area contributed by atoms with Crippen LogP contribution >= 0.6 is 0 Å². The Morgan fingerprint density at radius 3 is 2.30 bits per heavy atom. The number of oxime groups is 1. The molecule has 144 valence electrons. The molecule has 1 heterocycles. The summed E-state index contributed by atoms with van der Waals surface area (Å²) in [5.41, 5.74) is 3.61. The van der Waals surface area contributed by atoms with Crippen LogP contribution in [0.5, 0.6) is 0 Å². The van der Waals surface area contributed by atoms with E-state index in [4.69, 9.17) is 4.84 Å². The molecular formula is C24H32N2O. The van der Waals surface area contributed by atoms with Crippen LogP contribution in [0.3, 0.4) is 0 Å². The highest BCUT2D eigenvalue weighted by Gasteiger charge is 2.09. The van der Waals surface area contributed by atoms with Gasteiger partial charge in [0.25, 0.3) is 0 Å². The largest absolute Gasteiger partial charge is 0.396 e. The second-order valence-corrected chi connectivity index (χ2v) is 7.33. The number of benzene rings is 2. The lowest BCUT2D eigenvalue weighted by molar-refractivity contribution is 0.124. The van der Waals surface area contributed by atoms with Crippen LogP contribution in [-0.2, 0) is 11.3 Å². The maximum absolute atomic E-state index is 5.71. The number of aryl methyl sites for hydroxylation is 1. The molecule has 2 aromatic carbocycles. The summed E-state index contributed by atoms with van der Waals surface area (Å²) in [5.74, 6) is 0. The number of likely N-dealkylation sites (tertiary alicyclic amines) is 1. The lowest BCUT2D eigenvalue weighted by atomic mass is 10.0. The molecule has 27 heavy (non-hydrogen) atoms. The third-order valence-electron chi connectivity index (χ3n) is 5.16. The first-order chi connectivity index (χ1) is 13.4. The first-order valence-electron chi connectivity index (χ1n) is 10.4. The van der Waals surface area contributed by atoms with Crippen LogP contribution in [0.1, 0.15) is 49.7 Å². The minimum Gasteiger partial charge on any atom is -0.396 e. The quantitative estimate of drug-likeness (QED) is 0.324. The highest BCUT2D eigenvalue weighted by Crippen LogP contribution is 2.12. The van der Waals surface area contributed by atoms with Gasteiger partial charge < -0.3 is 9.74 Å². The average molecular weight is 365 g/mol. The molecule has 0 amide bonds. The van der Waals surface area contributed by atoms with E-state index in [9.17, 15) is 0 Å². The van der Waals surface area contributed by atoms with Gasteiger partial charge in [0.1, 0.15) is 6.61 Å². The van der Waals surface area contributed by atoms with Gasteiger partial charge in [0, 0.05) is 6.54 Å². The first kappa shape index (κ1) is 19.6. The van der Waals surface area contributed by atoms with Crippen molar-refractivity contribution >= 4 is 5.71 Å². The van der Waals surface area contributed by atoms with Gasteiger partial charge in [0.2, 0.25) is 0 Å². The topological polar surface area (TPSA) is 24.8 Å². The number of hydrogen-bond acceptors (Lipinski definition) is 3. The zero-order valence-corrected chi connectivity index (χ0v) is 16.4. The number of hydrogen-bond donors (Lipinski definition) is 0. The van der Waals surface area contributed by atoms with Crippen molar-refractivity contribution in [2.24, 2.45) is 5.16 Å². The lowest BCUT2D eigenvalue weighted by Crippen LogP contribution is -2.31. The van der Waals surface area contributed by atoms with Crippen molar-refractivity contribution in [2.75, 3.05) is 26.2 Å². The summed E-state index contributed by atoms with van der Waals surface area (Å²) in [5, 5.41) is 4.51. The fraction of sp³-hybridized carbons (Fsp3) is 0.458. The van der Waals surface area contributed by atoms with E-state index in [0.717, 1.165) is 37.9 Å². The maximum atomic E-state index is 5.71. The fourth-order valence-corrected chi connectivity index (χ4v) is 3.64. The predicted octanol–water partition coefficient (Wildman–Crippen LogP) is 5.31. The second-order valence-electron chi connectivity index (χ2n) is 7.33. The molecule has 1 aliphatic heterocycles. The van der Waals surface area contributed by atoms with Crippen LogP contribution in [0, 0.1) is 0 Å². The van der Waals surface area contributed by atoms with Crippen molar-refractivity contribution in [3.8, 4) is 0 Å². The van der Waals surface area contributed by atoms with Gasteiger partial charge in [0.15, 0.2) is 0 Å². The standard InChI is InChI=1S/C24H32N2O/c1-4-12-22(13-5-1)14-10-17-24(23-15-6-2-7-16-23)25-27-21-11-20-26-18-8-3-9-19-26/h1-2,4-7,12-13,15-16H,3,8-11,14,17-21H2/b25-24+. The van der Waals surface area contributed by atoms with Crippen molar-refractivity contribution < 1.29 is 4.84 Å². The van der Waals surface area contributed by atoms with Crippen LogP contribution in [0.15, 0.2) is 65.8 Å². The van der Waals surface area contributed by atoms with E-state index in [1.807, 2.05) is 6.07 Å². The molecule has 0 aliphatic carbocycles. The summed E-state index contributed by atoms with van der Waals surface area (Å²) in [6, 6.07) is 21.1. The van der Waals surface area contributed by atoms with Crippen molar-refractivity contribution in [3.05, 3.63) is 71.8 Å². The molecule has 2 aromatic rings. The summed E-state index contributed by atoms with van der Waals surface area (Å²) in [7, 11) is 0. The smallest absolute Gasteiger partial charge is 0.118 e. The van der Waals surface area contributed by atoms with Gasteiger partial charge in [0.05, 0.1) is 5.71 Å². The molecule has 0 N–H and O–H groups in total. The van der Waals surface area contributed by atoms with Gasteiger partial charge in [-0.2, -0.15) is 0 Å². The van der Waals surface area contributed by atoms with E-state index >= 15 is 0 Å². The van der Waals surface area contributed by atoms with Crippen LogP contribution in [0.2, 0.25) is 0 Å². The maximum Gasteiger partial charge on any atom is 0.118 e. The van der Waals surface area contributed by atoms with Gasteiger partial charge >= 0.3 is 0 Å². The molecule has 0 spiro atoms. The Hall–Kier alpha value is -2.13. The Morgan fingerprint density at radius 2 is 1.56 bits per heavy atom. The Labute approximate surface area is 164 Å². The molecular weight excluding hydrogens is 332 g/mol. The van der Waals surface area contributed by atoms with E-state index in [1.54, 1.807) is 0 Å². The van der Waals surface area contributed by atoms with Crippen molar-refractivity contribution in [1.82, 2.24) is 4.90 Å². The van der Waals surface area contributed by atoms with Gasteiger partial charge in [-0.15, -0.1) is 0 Å². The minimum absolute atomic E-state index is 0.700. The summed E-state index contributed by atoms with van der Waals surface area (Å²) in [6.07, 6.45) is 8.22. The summed E-state index contributed by atoms with van der Waals surface area (Å²) < 4.78 is 0. The Bertz CT molecular complexity index is 663. The number of nitrogens with zero attached hydrogens (tertiary/aromatic N) is 2. The summed E-state index contributed by atoms with van der Waals surface area (Å²) in [4.78, 5) is 8.26. The monoisotopic (exact) mass is 364 g/mol. The van der Waals surface area contributed by atoms with E-state index in [0.29, 0.717) is 6.61 Å². The van der Waals surface area contributed by atoms with E-state index in [2.05, 4.69) is 64.7 Å². The Morgan fingerprint density at radius 1 is 0.852 bits per heavy atom. The third kappa shape index (κ3) is 7.18. The van der Waals surface area contributed by atoms with Gasteiger partial charge in [-0.3, -0.25) is 0 Å². The molecule has 1 fully saturated rings. The molecule has 1 aliphatic rings. The van der Waals surface area contributed by atoms with Gasteiger partial charge in [-0.05, 0) is 62.7 Å². The Kier molecular flexibility index (Phi) is 8.40. The zero-order valence-electron chi connectivity index (χ0n) is 16.4. The molecule has 0 radical (unpaired) electrons. The van der Waals surface area contributed by atoms with Gasteiger partial charge in [-0.1, -0.05) is 72.2 Å².